The first-order valence-corrected chi connectivity index (χ1v) is 9.39. The van der Waals surface area contributed by atoms with Crippen LogP contribution in [0.15, 0.2) is 5.38 Å². The van der Waals surface area contributed by atoms with Gasteiger partial charge in [0.05, 0.1) is 23.8 Å². The van der Waals surface area contributed by atoms with E-state index in [2.05, 4.69) is 36.0 Å². The van der Waals surface area contributed by atoms with Crippen molar-refractivity contribution < 1.29 is 4.79 Å². The average molecular weight is 328 g/mol. The lowest BCUT2D eigenvalue weighted by molar-refractivity contribution is -0.122. The number of nitrogens with zero attached hydrogens (tertiary/aromatic N) is 2. The molecule has 2 rings (SSSR count). The van der Waals surface area contributed by atoms with E-state index in [4.69, 9.17) is 0 Å². The summed E-state index contributed by atoms with van der Waals surface area (Å²) in [6, 6.07) is 0.549. The monoisotopic (exact) mass is 327 g/mol. The Labute approximate surface area is 135 Å². The normalized spacial score (nSPS) is 19.2. The third kappa shape index (κ3) is 4.97. The van der Waals surface area contributed by atoms with Crippen molar-refractivity contribution >= 4 is 29.0 Å². The predicted molar refractivity (Wildman–Crippen MR) is 91.0 cm³/mol. The largest absolute Gasteiger partial charge is 0.349 e. The van der Waals surface area contributed by atoms with Crippen molar-refractivity contribution in [1.29, 1.82) is 0 Å². The molecule has 2 heterocycles. The van der Waals surface area contributed by atoms with Gasteiger partial charge < -0.3 is 5.32 Å². The molecular weight excluding hydrogens is 302 g/mol. The lowest BCUT2D eigenvalue weighted by Crippen LogP contribution is -2.40. The lowest BCUT2D eigenvalue weighted by atomic mass is 9.98. The molecule has 0 saturated carbocycles. The number of hydrogen-bond acceptors (Lipinski definition) is 5. The molecule has 0 aliphatic carbocycles. The molecule has 1 atom stereocenters. The number of amides is 1. The van der Waals surface area contributed by atoms with Crippen LogP contribution in [-0.2, 0) is 16.8 Å². The zero-order chi connectivity index (χ0) is 15.5. The Bertz CT molecular complexity index is 476. The number of nitrogens with one attached hydrogen (secondary N) is 1. The second-order valence-corrected chi connectivity index (χ2v) is 8.61. The van der Waals surface area contributed by atoms with Crippen molar-refractivity contribution in [2.75, 3.05) is 25.1 Å². The number of thiazole rings is 1. The quantitative estimate of drug-likeness (QED) is 0.902. The number of hydrogen-bond donors (Lipinski definition) is 1. The van der Waals surface area contributed by atoms with Gasteiger partial charge in [0, 0.05) is 22.6 Å². The van der Waals surface area contributed by atoms with Crippen LogP contribution in [0.4, 0.5) is 0 Å². The number of rotatable bonds is 5. The zero-order valence-electron chi connectivity index (χ0n) is 13.3. The van der Waals surface area contributed by atoms with Gasteiger partial charge in [-0.1, -0.05) is 20.8 Å². The summed E-state index contributed by atoms with van der Waals surface area (Å²) in [5.41, 5.74) is 1.03. The van der Waals surface area contributed by atoms with Crippen molar-refractivity contribution in [2.24, 2.45) is 0 Å². The Morgan fingerprint density at radius 1 is 1.52 bits per heavy atom. The van der Waals surface area contributed by atoms with Crippen molar-refractivity contribution in [3.8, 4) is 0 Å². The van der Waals surface area contributed by atoms with Crippen LogP contribution in [0.2, 0.25) is 0 Å². The molecule has 0 radical (unpaired) electrons. The van der Waals surface area contributed by atoms with E-state index in [9.17, 15) is 4.79 Å². The molecule has 1 fully saturated rings. The van der Waals surface area contributed by atoms with Gasteiger partial charge in [-0.05, 0) is 19.2 Å². The Morgan fingerprint density at radius 3 is 2.86 bits per heavy atom. The minimum Gasteiger partial charge on any atom is -0.349 e. The van der Waals surface area contributed by atoms with E-state index in [1.807, 2.05) is 24.2 Å². The number of thioether (sulfide) groups is 1. The summed E-state index contributed by atoms with van der Waals surface area (Å²) in [6.07, 6.45) is 1.19. The second kappa shape index (κ2) is 7.11. The highest BCUT2D eigenvalue weighted by molar-refractivity contribution is 7.99. The summed E-state index contributed by atoms with van der Waals surface area (Å²) in [5, 5.41) is 6.13. The maximum absolute atomic E-state index is 12.0. The van der Waals surface area contributed by atoms with Gasteiger partial charge in [-0.2, -0.15) is 11.8 Å². The Morgan fingerprint density at radius 2 is 2.29 bits per heavy atom. The van der Waals surface area contributed by atoms with E-state index >= 15 is 0 Å². The third-order valence-corrected chi connectivity index (χ3v) is 6.04. The van der Waals surface area contributed by atoms with Gasteiger partial charge in [0.1, 0.15) is 0 Å². The maximum Gasteiger partial charge on any atom is 0.234 e. The fourth-order valence-electron chi connectivity index (χ4n) is 2.20. The molecule has 1 aromatic heterocycles. The van der Waals surface area contributed by atoms with Crippen LogP contribution in [0.25, 0.3) is 0 Å². The second-order valence-electron chi connectivity index (χ2n) is 6.60. The van der Waals surface area contributed by atoms with Gasteiger partial charge in [0.15, 0.2) is 0 Å². The molecule has 1 aliphatic heterocycles. The molecule has 1 N–H and O–H groups in total. The molecule has 1 saturated heterocycles. The van der Waals surface area contributed by atoms with E-state index in [-0.39, 0.29) is 11.3 Å². The first-order chi connectivity index (χ1) is 9.86. The summed E-state index contributed by atoms with van der Waals surface area (Å²) in [5.74, 6) is 2.44. The van der Waals surface area contributed by atoms with Crippen molar-refractivity contribution in [3.05, 3.63) is 16.1 Å². The first kappa shape index (κ1) is 16.8. The van der Waals surface area contributed by atoms with E-state index in [1.165, 1.54) is 12.2 Å². The molecule has 4 nitrogen and oxygen atoms in total. The van der Waals surface area contributed by atoms with Crippen LogP contribution >= 0.6 is 23.1 Å². The minimum absolute atomic E-state index is 0.0767. The van der Waals surface area contributed by atoms with Crippen LogP contribution in [0, 0.1) is 0 Å². The predicted octanol–water partition coefficient (Wildman–Crippen LogP) is 2.49. The number of aromatic nitrogens is 1. The highest BCUT2D eigenvalue weighted by Gasteiger charge is 2.22. The summed E-state index contributed by atoms with van der Waals surface area (Å²) in [4.78, 5) is 18.8. The lowest BCUT2D eigenvalue weighted by Gasteiger charge is -2.22. The average Bonchev–Trinajstić information content (AvgIpc) is 3.07. The number of carbonyl (C=O) groups excluding carboxylic acids is 1. The van der Waals surface area contributed by atoms with Gasteiger partial charge in [-0.15, -0.1) is 11.3 Å². The van der Waals surface area contributed by atoms with Gasteiger partial charge in [-0.25, -0.2) is 4.98 Å². The molecule has 21 heavy (non-hydrogen) atoms. The summed E-state index contributed by atoms with van der Waals surface area (Å²) in [6.45, 7) is 7.47. The van der Waals surface area contributed by atoms with Crippen LogP contribution < -0.4 is 5.32 Å². The van der Waals surface area contributed by atoms with E-state index in [0.29, 0.717) is 19.1 Å². The molecule has 0 bridgehead atoms. The van der Waals surface area contributed by atoms with E-state index in [1.54, 1.807) is 11.3 Å². The third-order valence-electron chi connectivity index (χ3n) is 3.58. The fourth-order valence-corrected chi connectivity index (χ4v) is 4.41. The molecule has 0 spiro atoms. The molecule has 0 aromatic carbocycles. The minimum atomic E-state index is 0.0767. The van der Waals surface area contributed by atoms with E-state index < -0.39 is 0 Å². The smallest absolute Gasteiger partial charge is 0.234 e. The van der Waals surface area contributed by atoms with Crippen LogP contribution in [0.1, 0.15) is 37.9 Å². The number of carbonyl (C=O) groups is 1. The highest BCUT2D eigenvalue weighted by atomic mass is 32.2. The number of likely N-dealkylation sites (N-methyl/N-ethyl adjacent to an activating group) is 1. The standard InChI is InChI=1S/C15H25N3OS2/c1-15(2,3)14-17-11(9-21-14)7-16-13(19)8-18(4)12-5-6-20-10-12/h9,12H,5-8,10H2,1-4H3,(H,16,19)/t12-/m0/s1. The molecule has 6 heteroatoms. The van der Waals surface area contributed by atoms with Crippen molar-refractivity contribution in [3.63, 3.8) is 0 Å². The molecule has 118 valence electrons. The van der Waals surface area contributed by atoms with Crippen LogP contribution in [0.3, 0.4) is 0 Å². The highest BCUT2D eigenvalue weighted by Crippen LogP contribution is 2.25. The summed E-state index contributed by atoms with van der Waals surface area (Å²) >= 11 is 3.64. The van der Waals surface area contributed by atoms with Gasteiger partial charge in [0.2, 0.25) is 5.91 Å². The first-order valence-electron chi connectivity index (χ1n) is 7.36. The Hall–Kier alpha value is -0.590. The topological polar surface area (TPSA) is 45.2 Å². The molecular formula is C15H25N3OS2. The molecule has 1 amide bonds. The maximum atomic E-state index is 12.0. The van der Waals surface area contributed by atoms with Crippen LogP contribution in [-0.4, -0.2) is 46.9 Å². The van der Waals surface area contributed by atoms with Gasteiger partial charge in [0.25, 0.3) is 0 Å². The summed E-state index contributed by atoms with van der Waals surface area (Å²) < 4.78 is 0. The van der Waals surface area contributed by atoms with Gasteiger partial charge in [-0.3, -0.25) is 9.69 Å². The summed E-state index contributed by atoms with van der Waals surface area (Å²) in [7, 11) is 2.04. The SMILES string of the molecule is CN(CC(=O)NCc1csc(C(C)(C)C)n1)[C@H]1CCSC1. The Kier molecular flexibility index (Phi) is 5.68. The van der Waals surface area contributed by atoms with Gasteiger partial charge >= 0.3 is 0 Å². The van der Waals surface area contributed by atoms with Crippen LogP contribution in [0.5, 0.6) is 0 Å². The molecule has 1 aromatic rings. The molecule has 0 unspecified atom stereocenters. The zero-order valence-corrected chi connectivity index (χ0v) is 14.9. The Balaban J connectivity index is 1.77. The fraction of sp³-hybridized carbons (Fsp3) is 0.733. The van der Waals surface area contributed by atoms with E-state index in [0.717, 1.165) is 16.5 Å². The molecule has 1 aliphatic rings. The van der Waals surface area contributed by atoms with Crippen molar-refractivity contribution in [1.82, 2.24) is 15.2 Å². The van der Waals surface area contributed by atoms with Crippen molar-refractivity contribution in [2.45, 2.75) is 45.2 Å².